The van der Waals surface area contributed by atoms with E-state index >= 15 is 0 Å². The number of hydrogen-bond acceptors (Lipinski definition) is 3. The summed E-state index contributed by atoms with van der Waals surface area (Å²) >= 11 is 1.37. The molecular formula is C9H11BO2S. The molecule has 0 fully saturated rings. The van der Waals surface area contributed by atoms with Crippen molar-refractivity contribution in [3.05, 3.63) is 28.5 Å². The van der Waals surface area contributed by atoms with Crippen molar-refractivity contribution in [3.63, 3.8) is 0 Å². The van der Waals surface area contributed by atoms with Gasteiger partial charge in [-0.1, -0.05) is 24.8 Å². The molecule has 2 N–H and O–H groups in total. The lowest BCUT2D eigenvalue weighted by Gasteiger charge is -1.87. The average molecular weight is 194 g/mol. The summed E-state index contributed by atoms with van der Waals surface area (Å²) in [5.74, 6) is 0. The molecule has 1 rings (SSSR count). The van der Waals surface area contributed by atoms with Gasteiger partial charge in [0.25, 0.3) is 0 Å². The first-order valence-corrected chi connectivity index (χ1v) is 4.75. The molecule has 13 heavy (non-hydrogen) atoms. The summed E-state index contributed by atoms with van der Waals surface area (Å²) in [4.78, 5) is 0. The van der Waals surface area contributed by atoms with Gasteiger partial charge in [0.05, 0.1) is 0 Å². The van der Waals surface area contributed by atoms with Crippen LogP contribution in [0.4, 0.5) is 0 Å². The van der Waals surface area contributed by atoms with Crippen LogP contribution < -0.4 is 14.5 Å². The summed E-state index contributed by atoms with van der Waals surface area (Å²) in [6, 6.07) is 1.76. The Hall–Kier alpha value is -0.835. The van der Waals surface area contributed by atoms with Crippen LogP contribution in [0.15, 0.2) is 18.7 Å². The van der Waals surface area contributed by atoms with Gasteiger partial charge in [0.1, 0.15) is 0 Å². The topological polar surface area (TPSA) is 40.5 Å². The zero-order chi connectivity index (χ0) is 9.84. The fourth-order valence-electron chi connectivity index (χ4n) is 1.05. The molecule has 0 spiro atoms. The van der Waals surface area contributed by atoms with E-state index in [1.165, 1.54) is 11.3 Å². The highest BCUT2D eigenvalue weighted by atomic mass is 32.1. The Labute approximate surface area is 81.3 Å². The van der Waals surface area contributed by atoms with Gasteiger partial charge in [-0.3, -0.25) is 0 Å². The zero-order valence-corrected chi connectivity index (χ0v) is 8.21. The molecule has 0 radical (unpaired) electrons. The Morgan fingerprint density at radius 1 is 1.54 bits per heavy atom. The van der Waals surface area contributed by atoms with Crippen LogP contribution in [0, 0.1) is 0 Å². The summed E-state index contributed by atoms with van der Waals surface area (Å²) < 4.78 is 1.59. The fourth-order valence-corrected chi connectivity index (χ4v) is 1.96. The Balaban J connectivity index is 3.37. The quantitative estimate of drug-likeness (QED) is 0.605. The molecule has 0 aliphatic rings. The normalized spacial score (nSPS) is 13.5. The zero-order valence-electron chi connectivity index (χ0n) is 7.40. The van der Waals surface area contributed by atoms with Crippen molar-refractivity contribution in [2.24, 2.45) is 0 Å². The van der Waals surface area contributed by atoms with Crippen LogP contribution in [-0.2, 0) is 0 Å². The number of rotatable bonds is 2. The van der Waals surface area contributed by atoms with Gasteiger partial charge >= 0.3 is 7.12 Å². The van der Waals surface area contributed by atoms with Crippen molar-refractivity contribution in [1.82, 2.24) is 0 Å². The van der Waals surface area contributed by atoms with E-state index in [9.17, 15) is 0 Å². The lowest BCUT2D eigenvalue weighted by Crippen LogP contribution is -2.27. The molecule has 0 amide bonds. The minimum Gasteiger partial charge on any atom is -0.423 e. The fraction of sp³-hybridized carbons (Fsp3) is 0.111. The van der Waals surface area contributed by atoms with Gasteiger partial charge < -0.3 is 10.0 Å². The maximum Gasteiger partial charge on any atom is 0.499 e. The summed E-state index contributed by atoms with van der Waals surface area (Å²) in [6.45, 7) is 5.51. The van der Waals surface area contributed by atoms with E-state index in [1.807, 2.05) is 19.1 Å². The monoisotopic (exact) mass is 194 g/mol. The second kappa shape index (κ2) is 4.41. The first-order chi connectivity index (χ1) is 6.19. The Kier molecular flexibility index (Phi) is 3.48. The van der Waals surface area contributed by atoms with E-state index in [0.29, 0.717) is 4.78 Å². The predicted molar refractivity (Wildman–Crippen MR) is 58.2 cm³/mol. The Morgan fingerprint density at radius 3 is 2.69 bits per heavy atom. The molecule has 1 heterocycles. The van der Waals surface area contributed by atoms with Gasteiger partial charge in [0.15, 0.2) is 0 Å². The van der Waals surface area contributed by atoms with Gasteiger partial charge in [-0.05, 0) is 18.2 Å². The Morgan fingerprint density at radius 2 is 2.23 bits per heavy atom. The molecule has 0 saturated heterocycles. The van der Waals surface area contributed by atoms with E-state index in [-0.39, 0.29) is 0 Å². The van der Waals surface area contributed by atoms with Crippen LogP contribution in [-0.4, -0.2) is 17.2 Å². The van der Waals surface area contributed by atoms with E-state index in [1.54, 1.807) is 12.1 Å². The molecule has 1 aromatic heterocycles. The minimum absolute atomic E-state index is 0.557. The Bertz CT molecular complexity index is 406. The van der Waals surface area contributed by atoms with Gasteiger partial charge in [0, 0.05) is 9.31 Å². The van der Waals surface area contributed by atoms with E-state index in [4.69, 9.17) is 10.0 Å². The van der Waals surface area contributed by atoms with E-state index in [2.05, 4.69) is 6.58 Å². The molecular weight excluding hydrogens is 183 g/mol. The second-order valence-electron chi connectivity index (χ2n) is 2.53. The van der Waals surface area contributed by atoms with Gasteiger partial charge in [0.2, 0.25) is 0 Å². The van der Waals surface area contributed by atoms with Crippen molar-refractivity contribution < 1.29 is 10.0 Å². The first kappa shape index (κ1) is 10.2. The molecule has 0 atom stereocenters. The molecule has 2 nitrogen and oxygen atoms in total. The highest BCUT2D eigenvalue weighted by Crippen LogP contribution is 1.83. The van der Waals surface area contributed by atoms with Gasteiger partial charge in [-0.15, -0.1) is 11.3 Å². The van der Waals surface area contributed by atoms with Crippen LogP contribution in [0.25, 0.3) is 12.2 Å². The van der Waals surface area contributed by atoms with Gasteiger partial charge in [-0.2, -0.15) is 0 Å². The van der Waals surface area contributed by atoms with Crippen molar-refractivity contribution >= 4 is 35.4 Å². The molecule has 0 bridgehead atoms. The summed E-state index contributed by atoms with van der Waals surface area (Å²) in [6.07, 6.45) is 5.46. The van der Waals surface area contributed by atoms with Crippen LogP contribution in [0.2, 0.25) is 0 Å². The van der Waals surface area contributed by atoms with E-state index < -0.39 is 7.12 Å². The standard InChI is InChI=1S/C9H11BO2S/c1-3-5-7-6-9(10(11)12)13-8(7)4-2/h3-6,11-12H,1H2,2H3/b7-5-,8-4+. The molecule has 68 valence electrons. The second-order valence-corrected chi connectivity index (χ2v) is 3.65. The number of thiophene rings is 1. The van der Waals surface area contributed by atoms with Crippen LogP contribution in [0.1, 0.15) is 6.92 Å². The highest BCUT2D eigenvalue weighted by Gasteiger charge is 2.12. The molecule has 0 aromatic carbocycles. The number of allylic oxidation sites excluding steroid dienone is 1. The molecule has 0 unspecified atom stereocenters. The lowest BCUT2D eigenvalue weighted by atomic mass is 9.89. The number of hydrogen-bond donors (Lipinski definition) is 2. The molecule has 0 saturated carbocycles. The first-order valence-electron chi connectivity index (χ1n) is 3.94. The largest absolute Gasteiger partial charge is 0.499 e. The maximum atomic E-state index is 8.94. The van der Waals surface area contributed by atoms with Crippen molar-refractivity contribution in [3.8, 4) is 0 Å². The maximum absolute atomic E-state index is 8.94. The summed E-state index contributed by atoms with van der Waals surface area (Å²) in [5.41, 5.74) is 0. The van der Waals surface area contributed by atoms with E-state index in [0.717, 1.165) is 9.75 Å². The smallest absolute Gasteiger partial charge is 0.423 e. The van der Waals surface area contributed by atoms with Crippen molar-refractivity contribution in [1.29, 1.82) is 0 Å². The lowest BCUT2D eigenvalue weighted by molar-refractivity contribution is 0.427. The minimum atomic E-state index is -1.38. The average Bonchev–Trinajstić information content (AvgIpc) is 2.48. The van der Waals surface area contributed by atoms with Gasteiger partial charge in [-0.25, -0.2) is 0 Å². The SMILES string of the molecule is C=C/C=c1/cc(B(O)O)s/c1=C/C. The van der Waals surface area contributed by atoms with Crippen molar-refractivity contribution in [2.45, 2.75) is 6.92 Å². The summed E-state index contributed by atoms with van der Waals surface area (Å²) in [7, 11) is -1.38. The van der Waals surface area contributed by atoms with Crippen LogP contribution >= 0.6 is 11.3 Å². The molecule has 4 heteroatoms. The molecule has 0 aliphatic heterocycles. The van der Waals surface area contributed by atoms with Crippen LogP contribution in [0.5, 0.6) is 0 Å². The summed E-state index contributed by atoms with van der Waals surface area (Å²) in [5, 5.41) is 18.9. The third kappa shape index (κ3) is 2.31. The van der Waals surface area contributed by atoms with Crippen LogP contribution in [0.3, 0.4) is 0 Å². The molecule has 0 aliphatic carbocycles. The molecule has 1 aromatic rings. The van der Waals surface area contributed by atoms with Crippen molar-refractivity contribution in [2.75, 3.05) is 0 Å². The third-order valence-electron chi connectivity index (χ3n) is 1.62. The predicted octanol–water partition coefficient (Wildman–Crippen LogP) is -0.805. The highest BCUT2D eigenvalue weighted by molar-refractivity contribution is 7.20. The third-order valence-corrected chi connectivity index (χ3v) is 2.88.